The summed E-state index contributed by atoms with van der Waals surface area (Å²) in [5.74, 6) is 0. The number of aryl methyl sites for hydroxylation is 2. The quantitative estimate of drug-likeness (QED) is 0.265. The second kappa shape index (κ2) is 7.50. The number of fused-ring (bicyclic) bond motifs is 6. The topological polar surface area (TPSA) is 0 Å². The van der Waals surface area contributed by atoms with Crippen molar-refractivity contribution in [2.45, 2.75) is 52.4 Å². The average Bonchev–Trinajstić information content (AvgIpc) is 3.25. The molecule has 0 atom stereocenters. The van der Waals surface area contributed by atoms with E-state index in [9.17, 15) is 0 Å². The van der Waals surface area contributed by atoms with Crippen LogP contribution in [0.25, 0.3) is 40.3 Å². The van der Waals surface area contributed by atoms with E-state index >= 15 is 0 Å². The molecule has 2 heterocycles. The summed E-state index contributed by atoms with van der Waals surface area (Å²) in [6.07, 6.45) is 7.46. The second-order valence-corrected chi connectivity index (χ2v) is 10.1. The van der Waals surface area contributed by atoms with E-state index in [1.807, 2.05) is 22.7 Å². The van der Waals surface area contributed by atoms with Gasteiger partial charge in [-0.3, -0.25) is 0 Å². The van der Waals surface area contributed by atoms with Crippen molar-refractivity contribution >= 4 is 63.0 Å². The van der Waals surface area contributed by atoms with E-state index in [0.29, 0.717) is 0 Å². The van der Waals surface area contributed by atoms with Crippen LogP contribution in [-0.4, -0.2) is 0 Å². The molecule has 0 fully saturated rings. The molecule has 5 aromatic rings. The zero-order valence-electron chi connectivity index (χ0n) is 16.7. The predicted molar refractivity (Wildman–Crippen MR) is 129 cm³/mol. The van der Waals surface area contributed by atoms with Gasteiger partial charge in [-0.2, -0.15) is 0 Å². The molecule has 0 bridgehead atoms. The van der Waals surface area contributed by atoms with E-state index in [1.165, 1.54) is 90.0 Å². The molecule has 5 rings (SSSR count). The van der Waals surface area contributed by atoms with Gasteiger partial charge in [-0.05, 0) is 61.1 Å². The molecule has 0 saturated carbocycles. The summed E-state index contributed by atoms with van der Waals surface area (Å²) in [5.41, 5.74) is 2.96. The van der Waals surface area contributed by atoms with Gasteiger partial charge in [-0.1, -0.05) is 51.0 Å². The van der Waals surface area contributed by atoms with Gasteiger partial charge in [0.05, 0.1) is 0 Å². The third-order valence-electron chi connectivity index (χ3n) is 5.83. The summed E-state index contributed by atoms with van der Waals surface area (Å²) < 4.78 is 5.72. The first-order chi connectivity index (χ1) is 13.8. The Morgan fingerprint density at radius 1 is 0.536 bits per heavy atom. The molecule has 0 saturated heterocycles. The summed E-state index contributed by atoms with van der Waals surface area (Å²) in [5, 5.41) is 5.69. The molecular formula is C26H26S2. The standard InChI is InChI=1S/C26H26S2/c1-3-5-7-17-9-11-19-21-15-26-22(16-25(21)27-23(19)13-17)20-12-10-18(8-6-4-2)14-24(20)28-26/h9-16H,3-8H2,1-2H3. The Kier molecular flexibility index (Phi) is 4.86. The Bertz CT molecular complexity index is 1180. The summed E-state index contributed by atoms with van der Waals surface area (Å²) in [6, 6.07) is 19.1. The first-order valence-electron chi connectivity index (χ1n) is 10.6. The van der Waals surface area contributed by atoms with Gasteiger partial charge >= 0.3 is 0 Å². The Hall–Kier alpha value is -1.90. The third kappa shape index (κ3) is 3.13. The molecule has 2 aromatic heterocycles. The smallest absolute Gasteiger partial charge is 0.0362 e. The third-order valence-corrected chi connectivity index (χ3v) is 8.06. The van der Waals surface area contributed by atoms with Crippen LogP contribution in [0.1, 0.15) is 50.7 Å². The van der Waals surface area contributed by atoms with Gasteiger partial charge in [0.15, 0.2) is 0 Å². The van der Waals surface area contributed by atoms with E-state index in [4.69, 9.17) is 0 Å². The Morgan fingerprint density at radius 2 is 0.964 bits per heavy atom. The number of hydrogen-bond acceptors (Lipinski definition) is 2. The number of thiophene rings is 2. The van der Waals surface area contributed by atoms with Crippen LogP contribution in [0.5, 0.6) is 0 Å². The molecule has 0 aliphatic rings. The van der Waals surface area contributed by atoms with E-state index in [0.717, 1.165) is 0 Å². The Morgan fingerprint density at radius 3 is 1.39 bits per heavy atom. The predicted octanol–water partition coefficient (Wildman–Crippen LogP) is 9.11. The van der Waals surface area contributed by atoms with Gasteiger partial charge in [0.2, 0.25) is 0 Å². The van der Waals surface area contributed by atoms with Crippen molar-refractivity contribution in [2.75, 3.05) is 0 Å². The maximum atomic E-state index is 2.44. The minimum atomic E-state index is 1.20. The summed E-state index contributed by atoms with van der Waals surface area (Å²) in [4.78, 5) is 0. The molecule has 0 unspecified atom stereocenters. The van der Waals surface area contributed by atoms with Crippen molar-refractivity contribution in [3.05, 3.63) is 59.7 Å². The molecule has 3 aromatic carbocycles. The highest BCUT2D eigenvalue weighted by atomic mass is 32.1. The largest absolute Gasteiger partial charge is 0.135 e. The zero-order chi connectivity index (χ0) is 19.1. The number of hydrogen-bond donors (Lipinski definition) is 0. The number of rotatable bonds is 6. The van der Waals surface area contributed by atoms with Crippen LogP contribution >= 0.6 is 22.7 Å². The first-order valence-corrected chi connectivity index (χ1v) is 12.2. The summed E-state index contributed by atoms with van der Waals surface area (Å²) in [7, 11) is 0. The fourth-order valence-corrected chi connectivity index (χ4v) is 6.59. The SMILES string of the molecule is CCCCc1ccc2c(c1)sc1cc3c(cc12)sc1cc(CCCC)ccc13. The second-order valence-electron chi connectivity index (χ2n) is 7.92. The van der Waals surface area contributed by atoms with Crippen LogP contribution in [0.4, 0.5) is 0 Å². The van der Waals surface area contributed by atoms with E-state index in [2.05, 4.69) is 62.4 Å². The summed E-state index contributed by atoms with van der Waals surface area (Å²) >= 11 is 3.91. The van der Waals surface area contributed by atoms with E-state index in [-0.39, 0.29) is 0 Å². The van der Waals surface area contributed by atoms with Crippen molar-refractivity contribution < 1.29 is 0 Å². The zero-order valence-corrected chi connectivity index (χ0v) is 18.3. The normalized spacial score (nSPS) is 12.1. The lowest BCUT2D eigenvalue weighted by molar-refractivity contribution is 0.796. The van der Waals surface area contributed by atoms with Gasteiger partial charge in [0, 0.05) is 40.3 Å². The number of benzene rings is 3. The molecule has 0 aliphatic carbocycles. The van der Waals surface area contributed by atoms with Gasteiger partial charge in [-0.15, -0.1) is 22.7 Å². The van der Waals surface area contributed by atoms with Crippen LogP contribution in [0.3, 0.4) is 0 Å². The fourth-order valence-electron chi connectivity index (χ4n) is 4.21. The monoisotopic (exact) mass is 402 g/mol. The lowest BCUT2D eigenvalue weighted by Crippen LogP contribution is -1.83. The average molecular weight is 403 g/mol. The first kappa shape index (κ1) is 18.1. The highest BCUT2D eigenvalue weighted by Gasteiger charge is 2.11. The molecule has 0 nitrogen and oxygen atoms in total. The molecule has 142 valence electrons. The minimum absolute atomic E-state index is 1.20. The Balaban J connectivity index is 1.64. The van der Waals surface area contributed by atoms with Gasteiger partial charge in [0.1, 0.15) is 0 Å². The Labute approximate surface area is 174 Å². The molecular weight excluding hydrogens is 376 g/mol. The number of unbranched alkanes of at least 4 members (excludes halogenated alkanes) is 2. The van der Waals surface area contributed by atoms with Crippen LogP contribution in [0.15, 0.2) is 48.5 Å². The maximum Gasteiger partial charge on any atom is 0.0362 e. The van der Waals surface area contributed by atoms with Crippen LogP contribution in [-0.2, 0) is 12.8 Å². The van der Waals surface area contributed by atoms with Crippen molar-refractivity contribution in [1.82, 2.24) is 0 Å². The van der Waals surface area contributed by atoms with Gasteiger partial charge < -0.3 is 0 Å². The fraction of sp³-hybridized carbons (Fsp3) is 0.308. The molecule has 28 heavy (non-hydrogen) atoms. The highest BCUT2D eigenvalue weighted by Crippen LogP contribution is 2.42. The van der Waals surface area contributed by atoms with Crippen molar-refractivity contribution in [3.8, 4) is 0 Å². The molecule has 0 aliphatic heterocycles. The minimum Gasteiger partial charge on any atom is -0.135 e. The van der Waals surface area contributed by atoms with Crippen molar-refractivity contribution in [1.29, 1.82) is 0 Å². The summed E-state index contributed by atoms with van der Waals surface area (Å²) in [6.45, 7) is 4.53. The van der Waals surface area contributed by atoms with Crippen LogP contribution in [0, 0.1) is 0 Å². The van der Waals surface area contributed by atoms with Gasteiger partial charge in [-0.25, -0.2) is 0 Å². The van der Waals surface area contributed by atoms with E-state index < -0.39 is 0 Å². The lowest BCUT2D eigenvalue weighted by Gasteiger charge is -2.00. The molecule has 0 spiro atoms. The molecule has 0 amide bonds. The molecule has 0 radical (unpaired) electrons. The lowest BCUT2D eigenvalue weighted by atomic mass is 10.0. The van der Waals surface area contributed by atoms with Crippen molar-refractivity contribution in [2.24, 2.45) is 0 Å². The highest BCUT2D eigenvalue weighted by molar-refractivity contribution is 7.27. The molecule has 2 heteroatoms. The van der Waals surface area contributed by atoms with E-state index in [1.54, 1.807) is 0 Å². The molecule has 0 N–H and O–H groups in total. The van der Waals surface area contributed by atoms with Crippen LogP contribution in [0.2, 0.25) is 0 Å². The van der Waals surface area contributed by atoms with Crippen molar-refractivity contribution in [3.63, 3.8) is 0 Å². The van der Waals surface area contributed by atoms with Crippen LogP contribution < -0.4 is 0 Å². The van der Waals surface area contributed by atoms with Gasteiger partial charge in [0.25, 0.3) is 0 Å². The maximum absolute atomic E-state index is 2.44.